The monoisotopic (exact) mass is 322 g/mol. The van der Waals surface area contributed by atoms with Crippen LogP contribution in [0.15, 0.2) is 18.2 Å². The van der Waals surface area contributed by atoms with E-state index >= 15 is 0 Å². The van der Waals surface area contributed by atoms with Gasteiger partial charge in [0.2, 0.25) is 0 Å². The molecule has 0 unspecified atom stereocenters. The van der Waals surface area contributed by atoms with Crippen LogP contribution in [0.4, 0.5) is 0 Å². The predicted molar refractivity (Wildman–Crippen MR) is 88.0 cm³/mol. The van der Waals surface area contributed by atoms with Crippen LogP contribution in [0.5, 0.6) is 5.75 Å². The summed E-state index contributed by atoms with van der Waals surface area (Å²) in [6, 6.07) is 4.93. The van der Waals surface area contributed by atoms with E-state index in [1.165, 1.54) is 0 Å². The molecule has 1 aromatic rings. The Morgan fingerprint density at radius 2 is 2.13 bits per heavy atom. The number of nitrogens with zero attached hydrogens (tertiary/aromatic N) is 2. The molecular formula is C17H26N2O4. The third-order valence-electron chi connectivity index (χ3n) is 4.23. The first-order valence-electron chi connectivity index (χ1n) is 7.90. The number of aliphatic carboxylic acids is 1. The fourth-order valence-electron chi connectivity index (χ4n) is 2.88. The highest BCUT2D eigenvalue weighted by Crippen LogP contribution is 2.30. The summed E-state index contributed by atoms with van der Waals surface area (Å²) in [5.41, 5.74) is 1.72. The second kappa shape index (κ2) is 8.29. The van der Waals surface area contributed by atoms with Crippen LogP contribution >= 0.6 is 0 Å². The Bertz CT molecular complexity index is 529. The Morgan fingerprint density at radius 3 is 2.74 bits per heavy atom. The minimum absolute atomic E-state index is 0.612. The second-order valence-corrected chi connectivity index (χ2v) is 5.92. The fourth-order valence-corrected chi connectivity index (χ4v) is 2.88. The Kier molecular flexibility index (Phi) is 6.38. The first-order chi connectivity index (χ1) is 11.0. The van der Waals surface area contributed by atoms with Gasteiger partial charge in [0.25, 0.3) is 0 Å². The summed E-state index contributed by atoms with van der Waals surface area (Å²) in [6.45, 7) is 6.76. The molecule has 1 atom stereocenters. The predicted octanol–water partition coefficient (Wildman–Crippen LogP) is 1.39. The molecule has 0 aliphatic carbocycles. The number of likely N-dealkylation sites (N-methyl/N-ethyl adjacent to an activating group) is 1. The molecule has 1 N–H and O–H groups in total. The van der Waals surface area contributed by atoms with Crippen molar-refractivity contribution in [1.29, 1.82) is 0 Å². The van der Waals surface area contributed by atoms with Crippen molar-refractivity contribution in [1.82, 2.24) is 9.80 Å². The van der Waals surface area contributed by atoms with Crippen molar-refractivity contribution in [2.75, 3.05) is 53.6 Å². The van der Waals surface area contributed by atoms with Gasteiger partial charge in [0, 0.05) is 31.7 Å². The van der Waals surface area contributed by atoms with Crippen molar-refractivity contribution in [3.63, 3.8) is 0 Å². The van der Waals surface area contributed by atoms with Gasteiger partial charge in [-0.1, -0.05) is 17.7 Å². The van der Waals surface area contributed by atoms with Gasteiger partial charge in [-0.15, -0.1) is 0 Å². The summed E-state index contributed by atoms with van der Waals surface area (Å²) in [5, 5.41) is 9.71. The van der Waals surface area contributed by atoms with Gasteiger partial charge < -0.3 is 14.6 Å². The van der Waals surface area contributed by atoms with Crippen LogP contribution in [0.1, 0.15) is 17.2 Å². The number of aryl methyl sites for hydroxylation is 1. The van der Waals surface area contributed by atoms with Gasteiger partial charge in [0.1, 0.15) is 11.8 Å². The average Bonchev–Trinajstić information content (AvgIpc) is 2.54. The maximum absolute atomic E-state index is 11.8. The molecule has 0 spiro atoms. The highest BCUT2D eigenvalue weighted by Gasteiger charge is 2.28. The molecule has 1 aliphatic heterocycles. The number of ether oxygens (including phenoxy) is 2. The molecule has 1 fully saturated rings. The van der Waals surface area contributed by atoms with E-state index in [-0.39, 0.29) is 0 Å². The summed E-state index contributed by atoms with van der Waals surface area (Å²) in [5.74, 6) is -0.250. The largest absolute Gasteiger partial charge is 0.496 e. The molecule has 128 valence electrons. The Labute approximate surface area is 137 Å². The van der Waals surface area contributed by atoms with Gasteiger partial charge in [-0.3, -0.25) is 14.6 Å². The molecule has 23 heavy (non-hydrogen) atoms. The number of carbonyl (C=O) groups is 1. The number of hydrogen-bond acceptors (Lipinski definition) is 5. The quantitative estimate of drug-likeness (QED) is 0.819. The Morgan fingerprint density at radius 1 is 1.43 bits per heavy atom. The highest BCUT2D eigenvalue weighted by atomic mass is 16.5. The van der Waals surface area contributed by atoms with E-state index in [4.69, 9.17) is 9.47 Å². The molecule has 0 aromatic heterocycles. The summed E-state index contributed by atoms with van der Waals surface area (Å²) in [7, 11) is 3.42. The minimum Gasteiger partial charge on any atom is -0.496 e. The molecule has 2 rings (SSSR count). The van der Waals surface area contributed by atoms with Gasteiger partial charge in [-0.25, -0.2) is 0 Å². The van der Waals surface area contributed by atoms with Crippen LogP contribution in [-0.4, -0.2) is 74.4 Å². The fraction of sp³-hybridized carbons (Fsp3) is 0.588. The molecule has 1 aliphatic rings. The van der Waals surface area contributed by atoms with Gasteiger partial charge in [0.05, 0.1) is 20.3 Å². The van der Waals surface area contributed by atoms with Crippen LogP contribution in [0.25, 0.3) is 0 Å². The summed E-state index contributed by atoms with van der Waals surface area (Å²) >= 11 is 0. The first-order valence-corrected chi connectivity index (χ1v) is 7.90. The number of rotatable bonds is 7. The number of benzene rings is 1. The summed E-state index contributed by atoms with van der Waals surface area (Å²) < 4.78 is 10.7. The smallest absolute Gasteiger partial charge is 0.325 e. The minimum atomic E-state index is -0.863. The van der Waals surface area contributed by atoms with E-state index in [1.807, 2.05) is 37.1 Å². The molecule has 0 saturated carbocycles. The third kappa shape index (κ3) is 4.67. The van der Waals surface area contributed by atoms with E-state index in [2.05, 4.69) is 4.90 Å². The van der Waals surface area contributed by atoms with Gasteiger partial charge in [-0.05, 0) is 20.0 Å². The van der Waals surface area contributed by atoms with Crippen molar-refractivity contribution in [3.8, 4) is 5.75 Å². The maximum Gasteiger partial charge on any atom is 0.325 e. The molecule has 6 heteroatoms. The van der Waals surface area contributed by atoms with Gasteiger partial charge in [0.15, 0.2) is 0 Å². The maximum atomic E-state index is 11.8. The molecule has 0 bridgehead atoms. The number of morpholine rings is 1. The van der Waals surface area contributed by atoms with Crippen LogP contribution in [0.3, 0.4) is 0 Å². The van der Waals surface area contributed by atoms with Crippen LogP contribution in [0.2, 0.25) is 0 Å². The Balaban J connectivity index is 2.10. The van der Waals surface area contributed by atoms with Crippen molar-refractivity contribution < 1.29 is 19.4 Å². The Hall–Kier alpha value is -1.63. The molecule has 0 amide bonds. The molecule has 6 nitrogen and oxygen atoms in total. The van der Waals surface area contributed by atoms with Crippen LogP contribution < -0.4 is 4.74 Å². The molecule has 1 aromatic carbocycles. The van der Waals surface area contributed by atoms with Gasteiger partial charge in [-0.2, -0.15) is 0 Å². The van der Waals surface area contributed by atoms with E-state index in [1.54, 1.807) is 7.11 Å². The highest BCUT2D eigenvalue weighted by molar-refractivity contribution is 5.76. The topological polar surface area (TPSA) is 62.2 Å². The van der Waals surface area contributed by atoms with Crippen LogP contribution in [0, 0.1) is 6.92 Å². The molecule has 0 radical (unpaired) electrons. The number of carboxylic acids is 1. The van der Waals surface area contributed by atoms with E-state index < -0.39 is 12.0 Å². The van der Waals surface area contributed by atoms with Crippen molar-refractivity contribution in [2.24, 2.45) is 0 Å². The van der Waals surface area contributed by atoms with E-state index in [9.17, 15) is 9.90 Å². The van der Waals surface area contributed by atoms with Gasteiger partial charge >= 0.3 is 5.97 Å². The number of hydrogen-bond donors (Lipinski definition) is 1. The van der Waals surface area contributed by atoms with Crippen LogP contribution in [-0.2, 0) is 9.53 Å². The summed E-state index contributed by atoms with van der Waals surface area (Å²) in [4.78, 5) is 16.0. The zero-order chi connectivity index (χ0) is 16.8. The average molecular weight is 322 g/mol. The van der Waals surface area contributed by atoms with E-state index in [0.29, 0.717) is 17.9 Å². The zero-order valence-electron chi connectivity index (χ0n) is 14.1. The SMILES string of the molecule is COc1ccc(C)cc1[C@@H](C(=O)O)N(C)CCN1CCOCC1. The van der Waals surface area contributed by atoms with Crippen molar-refractivity contribution >= 4 is 5.97 Å². The second-order valence-electron chi connectivity index (χ2n) is 5.92. The molecular weight excluding hydrogens is 296 g/mol. The normalized spacial score (nSPS) is 17.2. The summed E-state index contributed by atoms with van der Waals surface area (Å²) in [6.07, 6.45) is 0. The lowest BCUT2D eigenvalue weighted by Gasteiger charge is -2.31. The number of methoxy groups -OCH3 is 1. The van der Waals surface area contributed by atoms with Crippen molar-refractivity contribution in [3.05, 3.63) is 29.3 Å². The lowest BCUT2D eigenvalue weighted by Crippen LogP contribution is -2.42. The third-order valence-corrected chi connectivity index (χ3v) is 4.23. The molecule has 1 saturated heterocycles. The number of carboxylic acid groups (broad SMARTS) is 1. The van der Waals surface area contributed by atoms with E-state index in [0.717, 1.165) is 38.4 Å². The standard InChI is InChI=1S/C17H26N2O4/c1-13-4-5-15(22-3)14(12-13)16(17(20)21)18(2)6-7-19-8-10-23-11-9-19/h4-5,12,16H,6-11H2,1-3H3,(H,20,21)/t16-/m0/s1. The lowest BCUT2D eigenvalue weighted by molar-refractivity contribution is -0.143. The molecule has 1 heterocycles. The lowest BCUT2D eigenvalue weighted by atomic mass is 10.0. The first kappa shape index (κ1) is 17.7. The van der Waals surface area contributed by atoms with Crippen molar-refractivity contribution in [2.45, 2.75) is 13.0 Å². The zero-order valence-corrected chi connectivity index (χ0v) is 14.1.